The van der Waals surface area contributed by atoms with Gasteiger partial charge in [-0.2, -0.15) is 0 Å². The fourth-order valence-electron chi connectivity index (χ4n) is 1.37. The molecule has 5 nitrogen and oxygen atoms in total. The first-order valence-corrected chi connectivity index (χ1v) is 4.55. The standard InChI is InChI=1S/C9H8F2N2O3/c10-5-1-7(11)9(8(2-5)13(14)15)12-6-3-16-4-6/h1-2,6,12H,3-4H2. The van der Waals surface area contributed by atoms with Crippen molar-refractivity contribution in [3.05, 3.63) is 33.9 Å². The molecule has 7 heteroatoms. The lowest BCUT2D eigenvalue weighted by Gasteiger charge is -2.27. The van der Waals surface area contributed by atoms with Crippen LogP contribution < -0.4 is 5.32 Å². The summed E-state index contributed by atoms with van der Waals surface area (Å²) >= 11 is 0. The molecule has 0 spiro atoms. The molecule has 0 aliphatic carbocycles. The first-order chi connectivity index (χ1) is 7.58. The van der Waals surface area contributed by atoms with E-state index in [-0.39, 0.29) is 11.7 Å². The van der Waals surface area contributed by atoms with Gasteiger partial charge in [-0.3, -0.25) is 10.1 Å². The highest BCUT2D eigenvalue weighted by Crippen LogP contribution is 2.29. The van der Waals surface area contributed by atoms with Gasteiger partial charge in [-0.15, -0.1) is 0 Å². The first kappa shape index (κ1) is 10.7. The van der Waals surface area contributed by atoms with Crippen molar-refractivity contribution >= 4 is 11.4 Å². The van der Waals surface area contributed by atoms with Crippen LogP contribution in [-0.4, -0.2) is 24.2 Å². The summed E-state index contributed by atoms with van der Waals surface area (Å²) in [6, 6.07) is 1.12. The van der Waals surface area contributed by atoms with Crippen molar-refractivity contribution in [1.29, 1.82) is 0 Å². The Bertz CT molecular complexity index is 435. The van der Waals surface area contributed by atoms with Crippen LogP contribution in [0.15, 0.2) is 12.1 Å². The van der Waals surface area contributed by atoms with E-state index in [2.05, 4.69) is 5.32 Å². The zero-order valence-electron chi connectivity index (χ0n) is 8.07. The van der Waals surface area contributed by atoms with Crippen molar-refractivity contribution in [2.24, 2.45) is 0 Å². The van der Waals surface area contributed by atoms with Gasteiger partial charge >= 0.3 is 0 Å². The number of nitrogens with one attached hydrogen (secondary N) is 1. The molecular weight excluding hydrogens is 222 g/mol. The second-order valence-electron chi connectivity index (χ2n) is 3.42. The fraction of sp³-hybridized carbons (Fsp3) is 0.333. The van der Waals surface area contributed by atoms with Gasteiger partial charge in [-0.25, -0.2) is 8.78 Å². The molecule has 0 aromatic heterocycles. The SMILES string of the molecule is O=[N+]([O-])c1cc(F)cc(F)c1NC1COC1. The normalized spacial score (nSPS) is 15.6. The first-order valence-electron chi connectivity index (χ1n) is 4.55. The van der Waals surface area contributed by atoms with Crippen molar-refractivity contribution in [1.82, 2.24) is 0 Å². The minimum absolute atomic E-state index is 0.168. The van der Waals surface area contributed by atoms with E-state index < -0.39 is 22.2 Å². The Morgan fingerprint density at radius 2 is 2.12 bits per heavy atom. The summed E-state index contributed by atoms with van der Waals surface area (Å²) in [5, 5.41) is 13.2. The molecule has 1 aromatic carbocycles. The second kappa shape index (κ2) is 4.01. The number of anilines is 1. The van der Waals surface area contributed by atoms with Gasteiger partial charge in [0.2, 0.25) is 0 Å². The number of ether oxygens (including phenoxy) is 1. The highest BCUT2D eigenvalue weighted by atomic mass is 19.1. The molecule has 1 fully saturated rings. The van der Waals surface area contributed by atoms with Crippen LogP contribution in [0.25, 0.3) is 0 Å². The van der Waals surface area contributed by atoms with E-state index in [9.17, 15) is 18.9 Å². The lowest BCUT2D eigenvalue weighted by atomic mass is 10.2. The average molecular weight is 230 g/mol. The summed E-state index contributed by atoms with van der Waals surface area (Å²) in [7, 11) is 0. The third-order valence-corrected chi connectivity index (χ3v) is 2.22. The topological polar surface area (TPSA) is 64.4 Å². The van der Waals surface area contributed by atoms with Crippen molar-refractivity contribution in [2.45, 2.75) is 6.04 Å². The van der Waals surface area contributed by atoms with Crippen molar-refractivity contribution in [2.75, 3.05) is 18.5 Å². The molecule has 16 heavy (non-hydrogen) atoms. The molecule has 1 saturated heterocycles. The van der Waals surface area contributed by atoms with Crippen LogP contribution in [0.2, 0.25) is 0 Å². The van der Waals surface area contributed by atoms with Crippen LogP contribution in [-0.2, 0) is 4.74 Å². The van der Waals surface area contributed by atoms with Gasteiger partial charge in [0.25, 0.3) is 5.69 Å². The van der Waals surface area contributed by atoms with E-state index in [1.54, 1.807) is 0 Å². The van der Waals surface area contributed by atoms with E-state index in [4.69, 9.17) is 4.74 Å². The quantitative estimate of drug-likeness (QED) is 0.633. The Hall–Kier alpha value is -1.76. The molecule has 86 valence electrons. The molecular formula is C9H8F2N2O3. The van der Waals surface area contributed by atoms with Crippen LogP contribution in [0.3, 0.4) is 0 Å². The van der Waals surface area contributed by atoms with Gasteiger partial charge in [0.1, 0.15) is 11.5 Å². The number of nitro groups is 1. The maximum atomic E-state index is 13.3. The Kier molecular flexibility index (Phi) is 2.69. The Morgan fingerprint density at radius 3 is 2.62 bits per heavy atom. The summed E-state index contributed by atoms with van der Waals surface area (Å²) in [6.45, 7) is 0.710. The third-order valence-electron chi connectivity index (χ3n) is 2.22. The molecule has 1 heterocycles. The van der Waals surface area contributed by atoms with Gasteiger partial charge in [0.05, 0.1) is 30.2 Å². The minimum atomic E-state index is -0.974. The summed E-state index contributed by atoms with van der Waals surface area (Å²) in [4.78, 5) is 9.79. The van der Waals surface area contributed by atoms with Crippen LogP contribution in [0.4, 0.5) is 20.2 Å². The number of nitro benzene ring substituents is 1. The smallest absolute Gasteiger partial charge is 0.298 e. The predicted molar refractivity (Wildman–Crippen MR) is 51.2 cm³/mol. The number of hydrogen-bond donors (Lipinski definition) is 1. The van der Waals surface area contributed by atoms with Crippen LogP contribution >= 0.6 is 0 Å². The minimum Gasteiger partial charge on any atom is -0.377 e. The van der Waals surface area contributed by atoms with Gasteiger partial charge in [-0.1, -0.05) is 0 Å². The lowest BCUT2D eigenvalue weighted by molar-refractivity contribution is -0.384. The van der Waals surface area contributed by atoms with Crippen LogP contribution in [0, 0.1) is 21.7 Å². The third kappa shape index (κ3) is 1.94. The molecule has 2 rings (SSSR count). The van der Waals surface area contributed by atoms with Crippen molar-refractivity contribution in [3.8, 4) is 0 Å². The Morgan fingerprint density at radius 1 is 1.44 bits per heavy atom. The molecule has 0 unspecified atom stereocenters. The predicted octanol–water partition coefficient (Wildman–Crippen LogP) is 1.68. The molecule has 0 saturated carbocycles. The summed E-state index contributed by atoms with van der Waals surface area (Å²) in [5.41, 5.74) is -0.899. The molecule has 0 atom stereocenters. The summed E-state index contributed by atoms with van der Waals surface area (Å²) < 4.78 is 31.0. The van der Waals surface area contributed by atoms with Crippen molar-refractivity contribution in [3.63, 3.8) is 0 Å². The van der Waals surface area contributed by atoms with E-state index in [1.807, 2.05) is 0 Å². The highest BCUT2D eigenvalue weighted by molar-refractivity contribution is 5.63. The molecule has 1 aliphatic heterocycles. The van der Waals surface area contributed by atoms with Crippen LogP contribution in [0.1, 0.15) is 0 Å². The Labute approximate surface area is 89.2 Å². The largest absolute Gasteiger partial charge is 0.377 e. The number of hydrogen-bond acceptors (Lipinski definition) is 4. The number of benzene rings is 1. The van der Waals surface area contributed by atoms with Gasteiger partial charge in [0, 0.05) is 6.07 Å². The zero-order chi connectivity index (χ0) is 11.7. The number of nitrogens with zero attached hydrogens (tertiary/aromatic N) is 1. The Balaban J connectivity index is 2.35. The second-order valence-corrected chi connectivity index (χ2v) is 3.42. The maximum Gasteiger partial charge on any atom is 0.298 e. The average Bonchev–Trinajstić information content (AvgIpc) is 2.12. The maximum absolute atomic E-state index is 13.3. The summed E-state index contributed by atoms with van der Waals surface area (Å²) in [5.74, 6) is -1.95. The molecule has 0 radical (unpaired) electrons. The van der Waals surface area contributed by atoms with E-state index in [0.29, 0.717) is 25.3 Å². The zero-order valence-corrected chi connectivity index (χ0v) is 8.07. The fourth-order valence-corrected chi connectivity index (χ4v) is 1.37. The molecule has 0 amide bonds. The number of halogens is 2. The van der Waals surface area contributed by atoms with E-state index in [1.165, 1.54) is 0 Å². The van der Waals surface area contributed by atoms with E-state index in [0.717, 1.165) is 0 Å². The lowest BCUT2D eigenvalue weighted by Crippen LogP contribution is -2.40. The van der Waals surface area contributed by atoms with Crippen molar-refractivity contribution < 1.29 is 18.4 Å². The molecule has 1 aliphatic rings. The molecule has 1 N–H and O–H groups in total. The highest BCUT2D eigenvalue weighted by Gasteiger charge is 2.26. The van der Waals surface area contributed by atoms with Gasteiger partial charge in [0.15, 0.2) is 5.82 Å². The van der Waals surface area contributed by atoms with Gasteiger partial charge < -0.3 is 10.1 Å². The summed E-state index contributed by atoms with van der Waals surface area (Å²) in [6.07, 6.45) is 0. The molecule has 1 aromatic rings. The van der Waals surface area contributed by atoms with Crippen LogP contribution in [0.5, 0.6) is 0 Å². The number of rotatable bonds is 3. The monoisotopic (exact) mass is 230 g/mol. The van der Waals surface area contributed by atoms with E-state index >= 15 is 0 Å². The van der Waals surface area contributed by atoms with Gasteiger partial charge in [-0.05, 0) is 0 Å². The molecule has 0 bridgehead atoms.